The number of hydrogen-bond donors (Lipinski definition) is 0. The first-order valence-electron chi connectivity index (χ1n) is 10.5. The Kier molecular flexibility index (Phi) is 5.40. The molecule has 0 unspecified atom stereocenters. The molecule has 1 aliphatic heterocycles. The SMILES string of the molecule is COc1ccc(-c2noc(CN3CCN(c4cc(C#N)nc5ccccc45)CC3)n2)cc1. The summed E-state index contributed by atoms with van der Waals surface area (Å²) >= 11 is 0. The van der Waals surface area contributed by atoms with Crippen molar-refractivity contribution in [1.82, 2.24) is 20.0 Å². The van der Waals surface area contributed by atoms with E-state index in [9.17, 15) is 5.26 Å². The molecule has 0 N–H and O–H groups in total. The molecule has 8 heteroatoms. The predicted molar refractivity (Wildman–Crippen MR) is 120 cm³/mol. The lowest BCUT2D eigenvalue weighted by molar-refractivity contribution is 0.215. The summed E-state index contributed by atoms with van der Waals surface area (Å²) in [6.07, 6.45) is 0. The van der Waals surface area contributed by atoms with Crippen LogP contribution in [-0.4, -0.2) is 53.3 Å². The second-order valence-electron chi connectivity index (χ2n) is 7.66. The van der Waals surface area contributed by atoms with Crippen LogP contribution in [0.15, 0.2) is 59.1 Å². The molecule has 1 fully saturated rings. The summed E-state index contributed by atoms with van der Waals surface area (Å²) in [5.41, 5.74) is 3.24. The van der Waals surface area contributed by atoms with E-state index >= 15 is 0 Å². The Hall–Kier alpha value is -3.96. The van der Waals surface area contributed by atoms with Crippen LogP contribution in [0.3, 0.4) is 0 Å². The number of anilines is 1. The van der Waals surface area contributed by atoms with E-state index in [0.717, 1.165) is 54.1 Å². The normalized spacial score (nSPS) is 14.4. The van der Waals surface area contributed by atoms with Gasteiger partial charge in [-0.3, -0.25) is 4.90 Å². The minimum absolute atomic E-state index is 0.443. The quantitative estimate of drug-likeness (QED) is 0.479. The number of nitrogens with zero attached hydrogens (tertiary/aromatic N) is 6. The number of hydrogen-bond acceptors (Lipinski definition) is 8. The molecule has 0 bridgehead atoms. The van der Waals surface area contributed by atoms with Crippen molar-refractivity contribution in [2.75, 3.05) is 38.2 Å². The molecule has 4 aromatic rings. The maximum atomic E-state index is 9.37. The average molecular weight is 426 g/mol. The van der Waals surface area contributed by atoms with E-state index in [0.29, 0.717) is 24.0 Å². The van der Waals surface area contributed by atoms with Crippen molar-refractivity contribution in [3.05, 3.63) is 66.2 Å². The number of fused-ring (bicyclic) bond motifs is 1. The Morgan fingerprint density at radius 2 is 1.81 bits per heavy atom. The zero-order valence-electron chi connectivity index (χ0n) is 17.7. The number of rotatable bonds is 5. The van der Waals surface area contributed by atoms with Crippen LogP contribution in [0, 0.1) is 11.3 Å². The van der Waals surface area contributed by atoms with E-state index < -0.39 is 0 Å². The maximum Gasteiger partial charge on any atom is 0.241 e. The van der Waals surface area contributed by atoms with Gasteiger partial charge in [0, 0.05) is 42.8 Å². The Morgan fingerprint density at radius 1 is 1.03 bits per heavy atom. The molecule has 1 aliphatic rings. The van der Waals surface area contributed by atoms with Gasteiger partial charge in [0.1, 0.15) is 17.5 Å². The lowest BCUT2D eigenvalue weighted by Crippen LogP contribution is -2.46. The van der Waals surface area contributed by atoms with Gasteiger partial charge in [0.05, 0.1) is 19.2 Å². The average Bonchev–Trinajstić information content (AvgIpc) is 3.32. The zero-order valence-corrected chi connectivity index (χ0v) is 17.7. The molecule has 0 saturated carbocycles. The molecule has 0 atom stereocenters. The fraction of sp³-hybridized carbons (Fsp3) is 0.250. The summed E-state index contributed by atoms with van der Waals surface area (Å²) in [7, 11) is 1.64. The minimum atomic E-state index is 0.443. The number of pyridine rings is 1. The summed E-state index contributed by atoms with van der Waals surface area (Å²) in [6.45, 7) is 4.02. The molecule has 0 aliphatic carbocycles. The molecule has 0 radical (unpaired) electrons. The summed E-state index contributed by atoms with van der Waals surface area (Å²) in [6, 6.07) is 19.6. The fourth-order valence-electron chi connectivity index (χ4n) is 3.99. The second kappa shape index (κ2) is 8.65. The highest BCUT2D eigenvalue weighted by atomic mass is 16.5. The standard InChI is InChI=1S/C24H22N6O2/c1-31-19-8-6-17(7-9-19)24-27-23(32-28-24)16-29-10-12-30(13-11-29)22-14-18(15-25)26-21-5-3-2-4-20(21)22/h2-9,14H,10-13,16H2,1H3. The fourth-order valence-corrected chi connectivity index (χ4v) is 3.99. The van der Waals surface area contributed by atoms with Crippen LogP contribution < -0.4 is 9.64 Å². The minimum Gasteiger partial charge on any atom is -0.497 e. The van der Waals surface area contributed by atoms with Crippen molar-refractivity contribution in [3.8, 4) is 23.2 Å². The van der Waals surface area contributed by atoms with Gasteiger partial charge >= 0.3 is 0 Å². The molecule has 32 heavy (non-hydrogen) atoms. The van der Waals surface area contributed by atoms with Crippen LogP contribution in [0.1, 0.15) is 11.6 Å². The summed E-state index contributed by atoms with van der Waals surface area (Å²) in [5, 5.41) is 14.6. The van der Waals surface area contributed by atoms with Crippen LogP contribution in [0.4, 0.5) is 5.69 Å². The summed E-state index contributed by atoms with van der Waals surface area (Å²) in [5.74, 6) is 1.97. The molecular formula is C24H22N6O2. The third kappa shape index (κ3) is 3.98. The van der Waals surface area contributed by atoms with Gasteiger partial charge in [-0.1, -0.05) is 23.4 Å². The van der Waals surface area contributed by atoms with E-state index in [4.69, 9.17) is 9.26 Å². The van der Waals surface area contributed by atoms with Gasteiger partial charge in [0.2, 0.25) is 11.7 Å². The van der Waals surface area contributed by atoms with E-state index in [1.165, 1.54) is 0 Å². The Balaban J connectivity index is 1.26. The Morgan fingerprint density at radius 3 is 2.56 bits per heavy atom. The number of nitriles is 1. The number of piperazine rings is 1. The first-order valence-corrected chi connectivity index (χ1v) is 10.5. The highest BCUT2D eigenvalue weighted by Gasteiger charge is 2.21. The predicted octanol–water partition coefficient (Wildman–Crippen LogP) is 3.49. The maximum absolute atomic E-state index is 9.37. The topological polar surface area (TPSA) is 91.3 Å². The molecule has 5 rings (SSSR count). The number of para-hydroxylation sites is 1. The van der Waals surface area contributed by atoms with Gasteiger partial charge in [-0.05, 0) is 36.4 Å². The Labute approximate surface area is 185 Å². The van der Waals surface area contributed by atoms with Crippen molar-refractivity contribution in [3.63, 3.8) is 0 Å². The molecular weight excluding hydrogens is 404 g/mol. The van der Waals surface area contributed by atoms with Gasteiger partial charge in [-0.25, -0.2) is 4.98 Å². The molecule has 3 heterocycles. The molecule has 1 saturated heterocycles. The van der Waals surface area contributed by atoms with Gasteiger partial charge in [0.25, 0.3) is 0 Å². The molecule has 8 nitrogen and oxygen atoms in total. The van der Waals surface area contributed by atoms with Crippen molar-refractivity contribution in [1.29, 1.82) is 5.26 Å². The highest BCUT2D eigenvalue weighted by Crippen LogP contribution is 2.28. The second-order valence-corrected chi connectivity index (χ2v) is 7.66. The van der Waals surface area contributed by atoms with Crippen molar-refractivity contribution in [2.24, 2.45) is 0 Å². The first-order chi connectivity index (χ1) is 15.7. The highest BCUT2D eigenvalue weighted by molar-refractivity contribution is 5.92. The van der Waals surface area contributed by atoms with Crippen LogP contribution in [0.25, 0.3) is 22.3 Å². The number of ether oxygens (including phenoxy) is 1. The third-order valence-electron chi connectivity index (χ3n) is 5.70. The molecule has 0 amide bonds. The van der Waals surface area contributed by atoms with Crippen LogP contribution in [0.2, 0.25) is 0 Å². The number of aromatic nitrogens is 3. The smallest absolute Gasteiger partial charge is 0.241 e. The molecule has 0 spiro atoms. The molecule has 160 valence electrons. The number of benzene rings is 2. The van der Waals surface area contributed by atoms with E-state index in [2.05, 4.69) is 37.1 Å². The Bertz CT molecular complexity index is 1270. The number of methoxy groups -OCH3 is 1. The van der Waals surface area contributed by atoms with E-state index in [1.807, 2.05) is 48.5 Å². The van der Waals surface area contributed by atoms with Crippen molar-refractivity contribution < 1.29 is 9.26 Å². The monoisotopic (exact) mass is 426 g/mol. The first kappa shape index (κ1) is 20.0. The lowest BCUT2D eigenvalue weighted by Gasteiger charge is -2.36. The van der Waals surface area contributed by atoms with Crippen LogP contribution in [-0.2, 0) is 6.54 Å². The van der Waals surface area contributed by atoms with Crippen LogP contribution in [0.5, 0.6) is 5.75 Å². The van der Waals surface area contributed by atoms with E-state index in [1.54, 1.807) is 7.11 Å². The van der Waals surface area contributed by atoms with Crippen molar-refractivity contribution in [2.45, 2.75) is 6.54 Å². The van der Waals surface area contributed by atoms with Crippen LogP contribution >= 0.6 is 0 Å². The molecule has 2 aromatic heterocycles. The third-order valence-corrected chi connectivity index (χ3v) is 5.70. The van der Waals surface area contributed by atoms with Gasteiger partial charge in [-0.15, -0.1) is 0 Å². The van der Waals surface area contributed by atoms with E-state index in [-0.39, 0.29) is 0 Å². The lowest BCUT2D eigenvalue weighted by atomic mass is 10.1. The van der Waals surface area contributed by atoms with Gasteiger partial charge in [0.15, 0.2) is 0 Å². The summed E-state index contributed by atoms with van der Waals surface area (Å²) < 4.78 is 10.7. The molecule has 2 aromatic carbocycles. The van der Waals surface area contributed by atoms with Crippen molar-refractivity contribution >= 4 is 16.6 Å². The largest absolute Gasteiger partial charge is 0.497 e. The van der Waals surface area contributed by atoms with Gasteiger partial charge in [-0.2, -0.15) is 10.2 Å². The zero-order chi connectivity index (χ0) is 21.9. The van der Waals surface area contributed by atoms with Gasteiger partial charge < -0.3 is 14.2 Å². The summed E-state index contributed by atoms with van der Waals surface area (Å²) in [4.78, 5) is 13.6.